The molecule has 0 atom stereocenters. The SMILES string of the molecule is Nc1ccc2c(c1)c(Cl)nn2CC1CCC1. The molecular formula is C12H14ClN3. The molecule has 0 spiro atoms. The molecule has 1 aliphatic carbocycles. The molecule has 0 aliphatic heterocycles. The Balaban J connectivity index is 2.03. The molecule has 1 fully saturated rings. The third-order valence-electron chi connectivity index (χ3n) is 3.39. The fourth-order valence-electron chi connectivity index (χ4n) is 2.22. The maximum Gasteiger partial charge on any atom is 0.158 e. The summed E-state index contributed by atoms with van der Waals surface area (Å²) in [7, 11) is 0. The lowest BCUT2D eigenvalue weighted by molar-refractivity contribution is 0.270. The van der Waals surface area contributed by atoms with Crippen LogP contribution in [0.25, 0.3) is 10.9 Å². The molecule has 3 rings (SSSR count). The third-order valence-corrected chi connectivity index (χ3v) is 3.66. The van der Waals surface area contributed by atoms with Gasteiger partial charge in [0.2, 0.25) is 0 Å². The molecule has 0 unspecified atom stereocenters. The van der Waals surface area contributed by atoms with E-state index in [4.69, 9.17) is 17.3 Å². The zero-order valence-electron chi connectivity index (χ0n) is 8.99. The van der Waals surface area contributed by atoms with Gasteiger partial charge in [0.05, 0.1) is 5.52 Å². The summed E-state index contributed by atoms with van der Waals surface area (Å²) >= 11 is 6.11. The van der Waals surface area contributed by atoms with Crippen molar-refractivity contribution in [2.24, 2.45) is 5.92 Å². The molecule has 0 bridgehead atoms. The van der Waals surface area contributed by atoms with E-state index in [1.54, 1.807) is 0 Å². The molecule has 1 aromatic carbocycles. The minimum Gasteiger partial charge on any atom is -0.399 e. The Labute approximate surface area is 99.2 Å². The Morgan fingerprint density at radius 2 is 2.25 bits per heavy atom. The number of benzene rings is 1. The zero-order valence-corrected chi connectivity index (χ0v) is 9.74. The highest BCUT2D eigenvalue weighted by molar-refractivity contribution is 6.34. The summed E-state index contributed by atoms with van der Waals surface area (Å²) < 4.78 is 2.01. The standard InChI is InChI=1S/C12H14ClN3/c13-12-10-6-9(14)4-5-11(10)16(15-12)7-8-2-1-3-8/h4-6,8H,1-3,7,14H2. The van der Waals surface area contributed by atoms with Crippen LogP contribution in [0.2, 0.25) is 5.15 Å². The number of aromatic nitrogens is 2. The molecular weight excluding hydrogens is 222 g/mol. The lowest BCUT2D eigenvalue weighted by Crippen LogP contribution is -2.18. The monoisotopic (exact) mass is 235 g/mol. The van der Waals surface area contributed by atoms with Gasteiger partial charge in [-0.2, -0.15) is 5.10 Å². The topological polar surface area (TPSA) is 43.8 Å². The normalized spacial score (nSPS) is 16.6. The van der Waals surface area contributed by atoms with Crippen LogP contribution in [0, 0.1) is 5.92 Å². The highest BCUT2D eigenvalue weighted by atomic mass is 35.5. The van der Waals surface area contributed by atoms with Gasteiger partial charge in [-0.15, -0.1) is 0 Å². The largest absolute Gasteiger partial charge is 0.399 e. The molecule has 0 radical (unpaired) electrons. The number of nitrogen functional groups attached to an aromatic ring is 1. The van der Waals surface area contributed by atoms with E-state index in [0.29, 0.717) is 5.15 Å². The molecule has 4 heteroatoms. The van der Waals surface area contributed by atoms with Crippen molar-refractivity contribution in [3.63, 3.8) is 0 Å². The maximum atomic E-state index is 6.11. The van der Waals surface area contributed by atoms with Crippen LogP contribution in [0.5, 0.6) is 0 Å². The molecule has 16 heavy (non-hydrogen) atoms. The highest BCUT2D eigenvalue weighted by Gasteiger charge is 2.20. The predicted molar refractivity (Wildman–Crippen MR) is 66.5 cm³/mol. The van der Waals surface area contributed by atoms with Crippen molar-refractivity contribution in [1.82, 2.24) is 9.78 Å². The van der Waals surface area contributed by atoms with Crippen molar-refractivity contribution >= 4 is 28.2 Å². The van der Waals surface area contributed by atoms with Crippen LogP contribution in [0.15, 0.2) is 18.2 Å². The first-order chi connectivity index (χ1) is 7.74. The lowest BCUT2D eigenvalue weighted by Gasteiger charge is -2.25. The molecule has 84 valence electrons. The molecule has 2 N–H and O–H groups in total. The summed E-state index contributed by atoms with van der Waals surface area (Å²) in [5.74, 6) is 0.775. The predicted octanol–water partition coefficient (Wildman–Crippen LogP) is 3.07. The molecule has 1 heterocycles. The van der Waals surface area contributed by atoms with Crippen LogP contribution in [0.3, 0.4) is 0 Å². The van der Waals surface area contributed by atoms with Gasteiger partial charge in [-0.1, -0.05) is 18.0 Å². The average molecular weight is 236 g/mol. The Kier molecular flexibility index (Phi) is 2.28. The first-order valence-electron chi connectivity index (χ1n) is 5.65. The van der Waals surface area contributed by atoms with Gasteiger partial charge < -0.3 is 5.73 Å². The van der Waals surface area contributed by atoms with E-state index in [2.05, 4.69) is 5.10 Å². The fraction of sp³-hybridized carbons (Fsp3) is 0.417. The number of rotatable bonds is 2. The molecule has 0 amide bonds. The Morgan fingerprint density at radius 3 is 2.94 bits per heavy atom. The number of fused-ring (bicyclic) bond motifs is 1. The van der Waals surface area contributed by atoms with E-state index in [0.717, 1.165) is 29.1 Å². The van der Waals surface area contributed by atoms with Gasteiger partial charge in [0.25, 0.3) is 0 Å². The van der Waals surface area contributed by atoms with Crippen LogP contribution in [-0.2, 0) is 6.54 Å². The summed E-state index contributed by atoms with van der Waals surface area (Å²) in [5.41, 5.74) is 7.57. The number of hydrogen-bond acceptors (Lipinski definition) is 2. The quantitative estimate of drug-likeness (QED) is 0.813. The molecule has 1 saturated carbocycles. The van der Waals surface area contributed by atoms with Crippen molar-refractivity contribution in [3.8, 4) is 0 Å². The zero-order chi connectivity index (χ0) is 11.1. The fourth-order valence-corrected chi connectivity index (χ4v) is 2.46. The van der Waals surface area contributed by atoms with Crippen LogP contribution in [0.1, 0.15) is 19.3 Å². The van der Waals surface area contributed by atoms with Crippen molar-refractivity contribution in [2.45, 2.75) is 25.8 Å². The summed E-state index contributed by atoms with van der Waals surface area (Å²) in [4.78, 5) is 0. The van der Waals surface area contributed by atoms with Crippen LogP contribution in [-0.4, -0.2) is 9.78 Å². The second-order valence-corrected chi connectivity index (χ2v) is 4.90. The molecule has 0 saturated heterocycles. The summed E-state index contributed by atoms with van der Waals surface area (Å²) in [6.45, 7) is 0.979. The highest BCUT2D eigenvalue weighted by Crippen LogP contribution is 2.31. The molecule has 2 aromatic rings. The number of nitrogens with zero attached hydrogens (tertiary/aromatic N) is 2. The van der Waals surface area contributed by atoms with Gasteiger partial charge in [-0.3, -0.25) is 4.68 Å². The van der Waals surface area contributed by atoms with Gasteiger partial charge in [-0.05, 0) is 37.0 Å². The van der Waals surface area contributed by atoms with Crippen LogP contribution >= 0.6 is 11.6 Å². The van der Waals surface area contributed by atoms with E-state index < -0.39 is 0 Å². The van der Waals surface area contributed by atoms with Gasteiger partial charge in [0.15, 0.2) is 5.15 Å². The number of hydrogen-bond donors (Lipinski definition) is 1. The van der Waals surface area contributed by atoms with Crippen LogP contribution in [0.4, 0.5) is 5.69 Å². The van der Waals surface area contributed by atoms with Gasteiger partial charge in [-0.25, -0.2) is 0 Å². The van der Waals surface area contributed by atoms with Gasteiger partial charge >= 0.3 is 0 Å². The van der Waals surface area contributed by atoms with Crippen molar-refractivity contribution < 1.29 is 0 Å². The molecule has 3 nitrogen and oxygen atoms in total. The number of halogens is 1. The average Bonchev–Trinajstić information content (AvgIpc) is 2.50. The Morgan fingerprint density at radius 1 is 1.44 bits per heavy atom. The van der Waals surface area contributed by atoms with Crippen molar-refractivity contribution in [2.75, 3.05) is 5.73 Å². The minimum atomic E-state index is 0.557. The van der Waals surface area contributed by atoms with Gasteiger partial charge in [0, 0.05) is 17.6 Å². The Hall–Kier alpha value is -1.22. The Bertz CT molecular complexity index is 528. The summed E-state index contributed by atoms with van der Waals surface area (Å²) in [6, 6.07) is 5.79. The van der Waals surface area contributed by atoms with E-state index in [1.807, 2.05) is 22.9 Å². The van der Waals surface area contributed by atoms with Gasteiger partial charge in [0.1, 0.15) is 0 Å². The summed E-state index contributed by atoms with van der Waals surface area (Å²) in [5, 5.41) is 5.90. The minimum absolute atomic E-state index is 0.557. The van der Waals surface area contributed by atoms with E-state index in [1.165, 1.54) is 19.3 Å². The van der Waals surface area contributed by atoms with E-state index in [-0.39, 0.29) is 0 Å². The first-order valence-corrected chi connectivity index (χ1v) is 6.03. The number of nitrogens with two attached hydrogens (primary N) is 1. The molecule has 1 aromatic heterocycles. The smallest absolute Gasteiger partial charge is 0.158 e. The van der Waals surface area contributed by atoms with Crippen LogP contribution < -0.4 is 5.73 Å². The van der Waals surface area contributed by atoms with Crippen molar-refractivity contribution in [1.29, 1.82) is 0 Å². The first kappa shape index (κ1) is 9.97. The molecule has 1 aliphatic rings. The third kappa shape index (κ3) is 1.55. The van der Waals surface area contributed by atoms with E-state index in [9.17, 15) is 0 Å². The van der Waals surface area contributed by atoms with Crippen molar-refractivity contribution in [3.05, 3.63) is 23.4 Å². The van der Waals surface area contributed by atoms with E-state index >= 15 is 0 Å². The summed E-state index contributed by atoms with van der Waals surface area (Å²) in [6.07, 6.45) is 3.98. The number of anilines is 1. The maximum absolute atomic E-state index is 6.11. The second kappa shape index (κ2) is 3.67. The second-order valence-electron chi connectivity index (χ2n) is 4.55. The lowest BCUT2D eigenvalue weighted by atomic mass is 9.85.